The highest BCUT2D eigenvalue weighted by Gasteiger charge is 2.25. The Labute approximate surface area is 226 Å². The van der Waals surface area contributed by atoms with Gasteiger partial charge in [0.15, 0.2) is 5.78 Å². The maximum absolute atomic E-state index is 13.0. The lowest BCUT2D eigenvalue weighted by atomic mass is 9.92. The standard InChI is InChI=1S/C31H29N3O5/c1-19(11-18-29(37)34-27-10-6-5-9-26(27)32)30(25-16-17-28(36)24-8-4-3-7-23(24)25)39-31(38)33-22-14-12-21(13-15-22)20(2)35/h3-19,30,36H,32H2,1-2H3,(H,33,38)(H,34,37)/b18-11+/t19-,30-/m0/s1. The van der Waals surface area contributed by atoms with Crippen LogP contribution in [-0.4, -0.2) is 22.9 Å². The third kappa shape index (κ3) is 6.61. The average Bonchev–Trinajstić information content (AvgIpc) is 2.92. The molecule has 0 radical (unpaired) electrons. The summed E-state index contributed by atoms with van der Waals surface area (Å²) in [6.07, 6.45) is 1.50. The predicted molar refractivity (Wildman–Crippen MR) is 153 cm³/mol. The highest BCUT2D eigenvalue weighted by molar-refractivity contribution is 6.01. The number of aromatic hydroxyl groups is 1. The van der Waals surface area contributed by atoms with Crippen molar-refractivity contribution in [2.45, 2.75) is 20.0 Å². The molecular weight excluding hydrogens is 494 g/mol. The van der Waals surface area contributed by atoms with Crippen LogP contribution in [0.1, 0.15) is 35.9 Å². The van der Waals surface area contributed by atoms with Gasteiger partial charge in [-0.3, -0.25) is 14.9 Å². The number of rotatable bonds is 8. The molecule has 8 heteroatoms. The van der Waals surface area contributed by atoms with E-state index in [2.05, 4.69) is 10.6 Å². The number of phenolic OH excluding ortho intramolecular Hbond substituents is 1. The predicted octanol–water partition coefficient (Wildman–Crippen LogP) is 6.45. The van der Waals surface area contributed by atoms with Gasteiger partial charge in [0.2, 0.25) is 5.91 Å². The summed E-state index contributed by atoms with van der Waals surface area (Å²) >= 11 is 0. The normalized spacial score (nSPS) is 12.6. The Morgan fingerprint density at radius 3 is 2.23 bits per heavy atom. The summed E-state index contributed by atoms with van der Waals surface area (Å²) < 4.78 is 5.90. The van der Waals surface area contributed by atoms with Crippen LogP contribution in [0, 0.1) is 5.92 Å². The van der Waals surface area contributed by atoms with Gasteiger partial charge < -0.3 is 20.9 Å². The van der Waals surface area contributed by atoms with Gasteiger partial charge in [-0.1, -0.05) is 55.5 Å². The molecule has 5 N–H and O–H groups in total. The molecule has 0 heterocycles. The van der Waals surface area contributed by atoms with Crippen molar-refractivity contribution < 1.29 is 24.2 Å². The van der Waals surface area contributed by atoms with Crippen LogP contribution in [0.5, 0.6) is 5.75 Å². The Kier molecular flexibility index (Phi) is 8.26. The molecule has 0 unspecified atom stereocenters. The number of anilines is 3. The van der Waals surface area contributed by atoms with Crippen LogP contribution in [0.4, 0.5) is 21.9 Å². The van der Waals surface area contributed by atoms with E-state index < -0.39 is 18.1 Å². The van der Waals surface area contributed by atoms with Crippen LogP contribution in [-0.2, 0) is 9.53 Å². The summed E-state index contributed by atoms with van der Waals surface area (Å²) in [6, 6.07) is 23.9. The van der Waals surface area contributed by atoms with Crippen LogP contribution < -0.4 is 16.4 Å². The molecule has 0 spiro atoms. The third-order valence-corrected chi connectivity index (χ3v) is 6.26. The average molecular weight is 524 g/mol. The molecule has 0 aliphatic carbocycles. The third-order valence-electron chi connectivity index (χ3n) is 6.26. The highest BCUT2D eigenvalue weighted by atomic mass is 16.6. The van der Waals surface area contributed by atoms with Crippen LogP contribution in [0.2, 0.25) is 0 Å². The number of nitrogens with one attached hydrogen (secondary N) is 2. The smallest absolute Gasteiger partial charge is 0.412 e. The van der Waals surface area contributed by atoms with Crippen molar-refractivity contribution in [3.8, 4) is 5.75 Å². The second kappa shape index (κ2) is 12.0. The monoisotopic (exact) mass is 523 g/mol. The first-order chi connectivity index (χ1) is 18.7. The van der Waals surface area contributed by atoms with Gasteiger partial charge in [-0.05, 0) is 60.9 Å². The number of hydrogen-bond donors (Lipinski definition) is 4. The molecule has 2 amide bonds. The van der Waals surface area contributed by atoms with E-state index in [1.54, 1.807) is 72.8 Å². The molecule has 4 aromatic rings. The van der Waals surface area contributed by atoms with Gasteiger partial charge >= 0.3 is 6.09 Å². The zero-order valence-corrected chi connectivity index (χ0v) is 21.5. The lowest BCUT2D eigenvalue weighted by molar-refractivity contribution is -0.111. The fourth-order valence-corrected chi connectivity index (χ4v) is 4.18. The molecular formula is C31H29N3O5. The molecule has 4 aromatic carbocycles. The maximum Gasteiger partial charge on any atom is 0.412 e. The molecule has 39 heavy (non-hydrogen) atoms. The van der Waals surface area contributed by atoms with Gasteiger partial charge in [-0.25, -0.2) is 4.79 Å². The van der Waals surface area contributed by atoms with Crippen molar-refractivity contribution >= 4 is 45.6 Å². The number of ketones is 1. The van der Waals surface area contributed by atoms with E-state index in [0.717, 1.165) is 0 Å². The first-order valence-electron chi connectivity index (χ1n) is 12.4. The number of nitrogen functional groups attached to an aromatic ring is 1. The number of fused-ring (bicyclic) bond motifs is 1. The first kappa shape index (κ1) is 26.9. The largest absolute Gasteiger partial charge is 0.507 e. The fourth-order valence-electron chi connectivity index (χ4n) is 4.18. The zero-order chi connectivity index (χ0) is 27.9. The summed E-state index contributed by atoms with van der Waals surface area (Å²) in [6.45, 7) is 3.29. The van der Waals surface area contributed by atoms with E-state index in [0.29, 0.717) is 39.0 Å². The number of Topliss-reactive ketones (excluding diaryl/α,β-unsaturated/α-hetero) is 1. The molecule has 0 aliphatic heterocycles. The summed E-state index contributed by atoms with van der Waals surface area (Å²) in [5, 5.41) is 17.1. The quantitative estimate of drug-likeness (QED) is 0.119. The maximum atomic E-state index is 13.0. The van der Waals surface area contributed by atoms with Gasteiger partial charge in [-0.15, -0.1) is 0 Å². The summed E-state index contributed by atoms with van der Waals surface area (Å²) in [7, 11) is 0. The van der Waals surface area contributed by atoms with E-state index >= 15 is 0 Å². The molecule has 0 bridgehead atoms. The van der Waals surface area contributed by atoms with Crippen LogP contribution in [0.15, 0.2) is 97.1 Å². The van der Waals surface area contributed by atoms with Crippen molar-refractivity contribution in [3.05, 3.63) is 108 Å². The van der Waals surface area contributed by atoms with E-state index in [-0.39, 0.29) is 17.4 Å². The number of phenols is 1. The van der Waals surface area contributed by atoms with Crippen molar-refractivity contribution in [1.29, 1.82) is 0 Å². The summed E-state index contributed by atoms with van der Waals surface area (Å²) in [5.41, 5.74) is 8.50. The van der Waals surface area contributed by atoms with Crippen molar-refractivity contribution in [2.75, 3.05) is 16.4 Å². The lowest BCUT2D eigenvalue weighted by Gasteiger charge is -2.24. The number of ether oxygens (including phenoxy) is 1. The number of para-hydroxylation sites is 2. The van der Waals surface area contributed by atoms with Crippen molar-refractivity contribution in [3.63, 3.8) is 0 Å². The second-order valence-corrected chi connectivity index (χ2v) is 9.10. The molecule has 0 aromatic heterocycles. The van der Waals surface area contributed by atoms with E-state index in [1.165, 1.54) is 13.0 Å². The van der Waals surface area contributed by atoms with Gasteiger partial charge in [-0.2, -0.15) is 0 Å². The van der Waals surface area contributed by atoms with Crippen molar-refractivity contribution in [2.24, 2.45) is 5.92 Å². The first-order valence-corrected chi connectivity index (χ1v) is 12.4. The molecule has 4 rings (SSSR count). The molecule has 0 saturated heterocycles. The molecule has 2 atom stereocenters. The second-order valence-electron chi connectivity index (χ2n) is 9.10. The number of carbonyl (C=O) groups is 3. The number of hydrogen-bond acceptors (Lipinski definition) is 6. The molecule has 0 saturated carbocycles. The van der Waals surface area contributed by atoms with Gasteiger partial charge in [0.05, 0.1) is 11.4 Å². The summed E-state index contributed by atoms with van der Waals surface area (Å²) in [5.74, 6) is -0.805. The molecule has 0 fully saturated rings. The minimum absolute atomic E-state index is 0.0806. The SMILES string of the molecule is CC(=O)c1ccc(NC(=O)O[C@H](c2ccc(O)c3ccccc23)[C@@H](C)/C=C/C(=O)Nc2ccccc2N)cc1. The Balaban J connectivity index is 1.59. The van der Waals surface area contributed by atoms with Crippen LogP contribution >= 0.6 is 0 Å². The van der Waals surface area contributed by atoms with Crippen molar-refractivity contribution in [1.82, 2.24) is 0 Å². The van der Waals surface area contributed by atoms with Crippen LogP contribution in [0.25, 0.3) is 10.8 Å². The summed E-state index contributed by atoms with van der Waals surface area (Å²) in [4.78, 5) is 37.1. The van der Waals surface area contributed by atoms with Crippen LogP contribution in [0.3, 0.4) is 0 Å². The van der Waals surface area contributed by atoms with Gasteiger partial charge in [0.1, 0.15) is 11.9 Å². The van der Waals surface area contributed by atoms with E-state index in [9.17, 15) is 19.5 Å². The molecule has 198 valence electrons. The highest BCUT2D eigenvalue weighted by Crippen LogP contribution is 2.36. The van der Waals surface area contributed by atoms with E-state index in [1.807, 2.05) is 25.1 Å². The zero-order valence-electron chi connectivity index (χ0n) is 21.5. The number of benzene rings is 4. The minimum atomic E-state index is -0.808. The Morgan fingerprint density at radius 2 is 1.54 bits per heavy atom. The van der Waals surface area contributed by atoms with Gasteiger partial charge in [0, 0.05) is 28.1 Å². The number of amides is 2. The lowest BCUT2D eigenvalue weighted by Crippen LogP contribution is -2.22. The molecule has 8 nitrogen and oxygen atoms in total. The number of carbonyl (C=O) groups excluding carboxylic acids is 3. The molecule has 0 aliphatic rings. The Morgan fingerprint density at radius 1 is 0.872 bits per heavy atom. The fraction of sp³-hybridized carbons (Fsp3) is 0.129. The topological polar surface area (TPSA) is 131 Å². The van der Waals surface area contributed by atoms with E-state index in [4.69, 9.17) is 10.5 Å². The minimum Gasteiger partial charge on any atom is -0.507 e. The number of nitrogens with two attached hydrogens (primary N) is 1. The Hall–Kier alpha value is -5.11. The Bertz CT molecular complexity index is 1550. The van der Waals surface area contributed by atoms with Gasteiger partial charge in [0.25, 0.3) is 0 Å².